The normalized spacial score (nSPS) is 19.2. The number of amides is 1. The van der Waals surface area contributed by atoms with Crippen molar-refractivity contribution in [2.45, 2.75) is 140 Å². The monoisotopic (exact) mass is 690 g/mol. The number of carbonyl (C=O) groups excluding carboxylic acids is 1. The van der Waals surface area contributed by atoms with Crippen LogP contribution >= 0.6 is 11.8 Å². The van der Waals surface area contributed by atoms with Gasteiger partial charge < -0.3 is 25.1 Å². The van der Waals surface area contributed by atoms with Gasteiger partial charge in [0, 0.05) is 42.3 Å². The van der Waals surface area contributed by atoms with E-state index in [9.17, 15) is 15.1 Å². The van der Waals surface area contributed by atoms with E-state index in [1.807, 2.05) is 60.7 Å². The number of nitrogens with one attached hydrogen (secondary N) is 1. The van der Waals surface area contributed by atoms with Crippen molar-refractivity contribution < 1.29 is 24.1 Å². The van der Waals surface area contributed by atoms with Crippen LogP contribution in [0.25, 0.3) is 0 Å². The van der Waals surface area contributed by atoms with Crippen LogP contribution in [0.5, 0.6) is 0 Å². The Bertz CT molecular complexity index is 1350. The lowest BCUT2D eigenvalue weighted by molar-refractivity contribution is -0.645. The number of hydrogen-bond acceptors (Lipinski definition) is 6. The molecule has 0 bridgehead atoms. The van der Waals surface area contributed by atoms with Gasteiger partial charge in [-0.25, -0.2) is 0 Å². The van der Waals surface area contributed by atoms with Crippen molar-refractivity contribution in [2.24, 2.45) is 5.92 Å². The van der Waals surface area contributed by atoms with E-state index in [0.29, 0.717) is 23.7 Å². The van der Waals surface area contributed by atoms with Gasteiger partial charge in [-0.3, -0.25) is 4.79 Å². The summed E-state index contributed by atoms with van der Waals surface area (Å²) in [6.45, 7) is 4.87. The van der Waals surface area contributed by atoms with E-state index in [4.69, 9.17) is 9.47 Å². The number of unbranched alkanes of at least 4 members (excludes halogenated alkanes) is 12. The van der Waals surface area contributed by atoms with Gasteiger partial charge in [0.1, 0.15) is 0 Å². The Kier molecular flexibility index (Phi) is 17.5. The Balaban J connectivity index is 1.21. The highest BCUT2D eigenvalue weighted by molar-refractivity contribution is 7.99. The average Bonchev–Trinajstić information content (AvgIpc) is 3.13. The molecule has 8 heteroatoms. The molecule has 2 heterocycles. The van der Waals surface area contributed by atoms with Crippen molar-refractivity contribution in [1.82, 2.24) is 5.32 Å². The Hall–Kier alpha value is -2.91. The van der Waals surface area contributed by atoms with Crippen LogP contribution in [0.2, 0.25) is 0 Å². The molecule has 4 unspecified atom stereocenters. The minimum atomic E-state index is -0.585. The maximum absolute atomic E-state index is 12.5. The molecular weight excluding hydrogens is 633 g/mol. The second-order valence-corrected chi connectivity index (χ2v) is 14.5. The van der Waals surface area contributed by atoms with E-state index < -0.39 is 6.29 Å². The predicted molar refractivity (Wildman–Crippen MR) is 198 cm³/mol. The molecule has 49 heavy (non-hydrogen) atoms. The number of aliphatic hydroxyl groups is 1. The Morgan fingerprint density at radius 3 is 2.00 bits per heavy atom. The van der Waals surface area contributed by atoms with Crippen LogP contribution in [0, 0.1) is 11.1 Å². The first-order valence-corrected chi connectivity index (χ1v) is 19.6. The number of aromatic nitrogens is 1. The molecule has 7 nitrogen and oxygen atoms in total. The number of rotatable bonds is 22. The van der Waals surface area contributed by atoms with Crippen molar-refractivity contribution in [3.8, 4) is 0 Å². The summed E-state index contributed by atoms with van der Waals surface area (Å²) in [6.07, 6.45) is 18.0. The number of hydrogen-bond donors (Lipinski definition) is 2. The first-order chi connectivity index (χ1) is 24.0. The highest BCUT2D eigenvalue weighted by Crippen LogP contribution is 2.42. The summed E-state index contributed by atoms with van der Waals surface area (Å²) in [4.78, 5) is 12.5. The topological polar surface area (TPSA) is 94.7 Å². The fraction of sp³-hybridized carbons (Fsp3) is 0.561. The lowest BCUT2D eigenvalue weighted by atomic mass is 9.91. The number of pyridine rings is 1. The van der Waals surface area contributed by atoms with E-state index >= 15 is 0 Å². The molecule has 1 aliphatic rings. The molecule has 3 aromatic rings. The number of ether oxygens (including phenoxy) is 2. The summed E-state index contributed by atoms with van der Waals surface area (Å²) in [6, 6.07) is 21.3. The molecule has 1 aromatic heterocycles. The summed E-state index contributed by atoms with van der Waals surface area (Å²) in [5.74, 6) is 0.729. The van der Waals surface area contributed by atoms with Crippen molar-refractivity contribution >= 4 is 17.7 Å². The van der Waals surface area contributed by atoms with Crippen LogP contribution in [0.4, 0.5) is 0 Å². The van der Waals surface area contributed by atoms with Gasteiger partial charge in [0.25, 0.3) is 5.03 Å². The van der Waals surface area contributed by atoms with Crippen LogP contribution < -0.4 is 10.0 Å². The van der Waals surface area contributed by atoms with Crippen molar-refractivity contribution in [2.75, 3.05) is 5.75 Å². The predicted octanol–water partition coefficient (Wildman–Crippen LogP) is 9.49. The summed E-state index contributed by atoms with van der Waals surface area (Å²) >= 11 is 1.48. The van der Waals surface area contributed by atoms with Gasteiger partial charge in [0.15, 0.2) is 12.5 Å². The zero-order valence-electron chi connectivity index (χ0n) is 29.7. The number of carbonyl (C=O) groups is 1. The van der Waals surface area contributed by atoms with Crippen molar-refractivity contribution in [3.63, 3.8) is 0 Å². The minimum Gasteiger partial charge on any atom is -0.618 e. The fourth-order valence-corrected chi connectivity index (χ4v) is 7.47. The third-order valence-electron chi connectivity index (χ3n) is 9.56. The van der Waals surface area contributed by atoms with Crippen LogP contribution in [0.3, 0.4) is 0 Å². The lowest BCUT2D eigenvalue weighted by Crippen LogP contribution is -2.39. The van der Waals surface area contributed by atoms with Gasteiger partial charge in [-0.15, -0.1) is 0 Å². The van der Waals surface area contributed by atoms with E-state index in [2.05, 4.69) is 19.2 Å². The Morgan fingerprint density at radius 1 is 0.796 bits per heavy atom. The summed E-state index contributed by atoms with van der Waals surface area (Å²) in [5.41, 5.74) is 3.80. The first-order valence-electron chi connectivity index (χ1n) is 18.7. The molecule has 4 rings (SSSR count). The average molecular weight is 691 g/mol. The number of aliphatic hydroxyl groups excluding tert-OH is 1. The second-order valence-electron chi connectivity index (χ2n) is 13.5. The molecule has 2 N–H and O–H groups in total. The molecule has 1 fully saturated rings. The van der Waals surface area contributed by atoms with Gasteiger partial charge >= 0.3 is 0 Å². The van der Waals surface area contributed by atoms with E-state index in [1.165, 1.54) is 88.6 Å². The molecule has 268 valence electrons. The molecule has 0 spiro atoms. The quantitative estimate of drug-likeness (QED) is 0.0472. The van der Waals surface area contributed by atoms with Gasteiger partial charge in [-0.2, -0.15) is 4.73 Å². The van der Waals surface area contributed by atoms with Gasteiger partial charge in [0.05, 0.1) is 18.8 Å². The van der Waals surface area contributed by atoms with Crippen LogP contribution in [-0.2, 0) is 27.4 Å². The maximum atomic E-state index is 12.5. The van der Waals surface area contributed by atoms with Gasteiger partial charge in [0.2, 0.25) is 5.91 Å². The van der Waals surface area contributed by atoms with Crippen LogP contribution in [0.15, 0.2) is 78.0 Å². The molecule has 0 saturated carbocycles. The standard InChI is InChI=1S/C41H58N2O5S/c1-3-4-5-6-7-8-9-10-11-12-13-14-15-18-38(45)42-29-33-20-26-36(27-21-33)41-47-37(31-49-39-19-16-17-28-43(39)46)32(2)40(48-41)35-24-22-34(30-44)23-25-35/h16-17,19-28,32,37,40-41,44H,3-15,18,29-31H2,1-2H3,(H,42,45). The highest BCUT2D eigenvalue weighted by atomic mass is 32.2. The molecule has 0 radical (unpaired) electrons. The fourth-order valence-electron chi connectivity index (χ4n) is 6.39. The third kappa shape index (κ3) is 13.4. The summed E-state index contributed by atoms with van der Waals surface area (Å²) < 4.78 is 14.0. The van der Waals surface area contributed by atoms with Gasteiger partial charge in [-0.05, 0) is 29.2 Å². The Labute approximate surface area is 298 Å². The lowest BCUT2D eigenvalue weighted by Gasteiger charge is -2.41. The molecule has 1 amide bonds. The second kappa shape index (κ2) is 22.0. The van der Waals surface area contributed by atoms with Gasteiger partial charge in [-0.1, -0.05) is 151 Å². The maximum Gasteiger partial charge on any atom is 0.251 e. The molecule has 0 aliphatic carbocycles. The zero-order valence-corrected chi connectivity index (χ0v) is 30.5. The first kappa shape index (κ1) is 38.9. The third-order valence-corrected chi connectivity index (χ3v) is 10.7. The van der Waals surface area contributed by atoms with E-state index in [0.717, 1.165) is 39.8 Å². The Morgan fingerprint density at radius 2 is 1.39 bits per heavy atom. The van der Waals surface area contributed by atoms with Crippen LogP contribution in [0.1, 0.15) is 138 Å². The molecule has 1 aliphatic heterocycles. The number of nitrogens with zero attached hydrogens (tertiary/aromatic N) is 1. The smallest absolute Gasteiger partial charge is 0.251 e. The van der Waals surface area contributed by atoms with E-state index in [1.54, 1.807) is 6.07 Å². The molecule has 1 saturated heterocycles. The summed E-state index contributed by atoms with van der Waals surface area (Å²) in [5, 5.41) is 25.5. The van der Waals surface area contributed by atoms with Crippen molar-refractivity contribution in [1.29, 1.82) is 0 Å². The van der Waals surface area contributed by atoms with Crippen LogP contribution in [-0.4, -0.2) is 22.9 Å². The highest BCUT2D eigenvalue weighted by Gasteiger charge is 2.38. The SMILES string of the molecule is CCCCCCCCCCCCCCCC(=O)NCc1ccc(C2OC(CSc3cccc[n+]3[O-])C(C)C(c3ccc(CO)cc3)O2)cc1. The molecule has 2 aromatic carbocycles. The van der Waals surface area contributed by atoms with E-state index in [-0.39, 0.29) is 30.6 Å². The summed E-state index contributed by atoms with van der Waals surface area (Å²) in [7, 11) is 0. The largest absolute Gasteiger partial charge is 0.618 e. The molecule has 4 atom stereocenters. The minimum absolute atomic E-state index is 0.00906. The zero-order chi connectivity index (χ0) is 34.7. The number of benzene rings is 2. The van der Waals surface area contributed by atoms with Crippen molar-refractivity contribution in [3.05, 3.63) is 100 Å². The number of thioether (sulfide) groups is 1. The molecular formula is C41H58N2O5S.